The van der Waals surface area contributed by atoms with Crippen LogP contribution in [-0.4, -0.2) is 34.6 Å². The molecule has 4 rings (SSSR count). The number of aliphatic carboxylic acids is 2. The Balaban J connectivity index is 0.000000377. The van der Waals surface area contributed by atoms with Crippen molar-refractivity contribution in [1.29, 1.82) is 0 Å². The second kappa shape index (κ2) is 9.77. The molecule has 0 spiro atoms. The standard InChI is InChI=1S/C19H16N2O2S.C2H2O4/c22-19(13-20-12-14-6-5-11-23-14)21-15-7-1-3-9-17(15)24-18-10-4-2-8-16(18)21;3-1(4)2(5)6/h1-11,20H,12-13H2;(H,3,4)(H,5,6). The lowest BCUT2D eigenvalue weighted by Crippen LogP contribution is -2.36. The van der Waals surface area contributed by atoms with Gasteiger partial charge >= 0.3 is 11.9 Å². The third-order valence-electron chi connectivity index (χ3n) is 4.02. The smallest absolute Gasteiger partial charge is 0.414 e. The number of furan rings is 1. The number of nitrogens with one attached hydrogen (secondary N) is 1. The topological polar surface area (TPSA) is 120 Å². The number of rotatable bonds is 4. The lowest BCUT2D eigenvalue weighted by molar-refractivity contribution is -0.159. The molecule has 9 heteroatoms. The van der Waals surface area contributed by atoms with Crippen LogP contribution in [0.1, 0.15) is 5.76 Å². The first-order valence-electron chi connectivity index (χ1n) is 8.85. The number of amides is 1. The van der Waals surface area contributed by atoms with Crippen molar-refractivity contribution in [2.45, 2.75) is 16.3 Å². The lowest BCUT2D eigenvalue weighted by Gasteiger charge is -2.31. The molecule has 0 atom stereocenters. The molecule has 154 valence electrons. The van der Waals surface area contributed by atoms with E-state index in [1.54, 1.807) is 22.9 Å². The molecule has 0 unspecified atom stereocenters. The quantitative estimate of drug-likeness (QED) is 0.543. The van der Waals surface area contributed by atoms with E-state index in [-0.39, 0.29) is 12.5 Å². The van der Waals surface area contributed by atoms with Crippen molar-refractivity contribution < 1.29 is 29.0 Å². The van der Waals surface area contributed by atoms with E-state index < -0.39 is 11.9 Å². The van der Waals surface area contributed by atoms with E-state index in [1.165, 1.54) is 0 Å². The molecule has 1 amide bonds. The van der Waals surface area contributed by atoms with Gasteiger partial charge in [-0.05, 0) is 36.4 Å². The van der Waals surface area contributed by atoms with Gasteiger partial charge < -0.3 is 19.9 Å². The molecule has 2 aromatic carbocycles. The van der Waals surface area contributed by atoms with Gasteiger partial charge in [-0.3, -0.25) is 9.69 Å². The third-order valence-corrected chi connectivity index (χ3v) is 5.15. The molecule has 0 fully saturated rings. The third kappa shape index (κ3) is 5.07. The van der Waals surface area contributed by atoms with Crippen LogP contribution in [0.3, 0.4) is 0 Å². The Bertz CT molecular complexity index is 994. The Morgan fingerprint density at radius 2 is 1.43 bits per heavy atom. The van der Waals surface area contributed by atoms with Crippen molar-refractivity contribution in [3.63, 3.8) is 0 Å². The summed E-state index contributed by atoms with van der Waals surface area (Å²) in [6, 6.07) is 19.7. The van der Waals surface area contributed by atoms with Crippen LogP contribution < -0.4 is 10.2 Å². The van der Waals surface area contributed by atoms with E-state index in [0.717, 1.165) is 26.9 Å². The minimum Gasteiger partial charge on any atom is -0.473 e. The number of carbonyl (C=O) groups excluding carboxylic acids is 1. The first-order valence-corrected chi connectivity index (χ1v) is 9.67. The second-order valence-corrected chi connectivity index (χ2v) is 7.14. The van der Waals surface area contributed by atoms with E-state index >= 15 is 0 Å². The molecule has 2 heterocycles. The van der Waals surface area contributed by atoms with Crippen LogP contribution in [0.5, 0.6) is 0 Å². The molecular weight excluding hydrogens is 408 g/mol. The molecule has 0 saturated carbocycles. The van der Waals surface area contributed by atoms with Crippen molar-refractivity contribution in [2.24, 2.45) is 0 Å². The highest BCUT2D eigenvalue weighted by Crippen LogP contribution is 2.47. The number of hydrogen-bond donors (Lipinski definition) is 3. The average Bonchev–Trinajstić information content (AvgIpc) is 3.25. The van der Waals surface area contributed by atoms with Gasteiger partial charge in [0.2, 0.25) is 5.91 Å². The lowest BCUT2D eigenvalue weighted by atomic mass is 10.2. The summed E-state index contributed by atoms with van der Waals surface area (Å²) < 4.78 is 5.28. The van der Waals surface area contributed by atoms with Gasteiger partial charge in [0.1, 0.15) is 5.76 Å². The average molecular weight is 426 g/mol. The minimum absolute atomic E-state index is 0.0155. The minimum atomic E-state index is -1.82. The van der Waals surface area contributed by atoms with Gasteiger partial charge in [0.25, 0.3) is 0 Å². The van der Waals surface area contributed by atoms with E-state index in [9.17, 15) is 4.79 Å². The van der Waals surface area contributed by atoms with Gasteiger partial charge in [-0.1, -0.05) is 36.0 Å². The van der Waals surface area contributed by atoms with Gasteiger partial charge in [-0.15, -0.1) is 0 Å². The van der Waals surface area contributed by atoms with Crippen LogP contribution in [0.15, 0.2) is 81.1 Å². The Kier molecular flexibility index (Phi) is 6.89. The van der Waals surface area contributed by atoms with E-state index in [1.807, 2.05) is 60.7 Å². The maximum atomic E-state index is 12.9. The normalized spacial score (nSPS) is 11.5. The zero-order valence-corrected chi connectivity index (χ0v) is 16.5. The largest absolute Gasteiger partial charge is 0.473 e. The SMILES string of the molecule is O=C(CNCc1ccco1)N1c2ccccc2Sc2ccccc21.O=C(O)C(=O)O. The van der Waals surface area contributed by atoms with Crippen LogP contribution in [0, 0.1) is 0 Å². The number of fused-ring (bicyclic) bond motifs is 2. The van der Waals surface area contributed by atoms with Crippen molar-refractivity contribution in [3.8, 4) is 0 Å². The maximum absolute atomic E-state index is 12.9. The summed E-state index contributed by atoms with van der Waals surface area (Å²) in [4.78, 5) is 35.1. The Morgan fingerprint density at radius 1 is 0.867 bits per heavy atom. The zero-order valence-electron chi connectivity index (χ0n) is 15.6. The van der Waals surface area contributed by atoms with E-state index in [2.05, 4.69) is 5.32 Å². The summed E-state index contributed by atoms with van der Waals surface area (Å²) >= 11 is 1.70. The molecule has 0 saturated heterocycles. The van der Waals surface area contributed by atoms with Crippen LogP contribution >= 0.6 is 11.8 Å². The molecule has 0 bridgehead atoms. The molecule has 1 aliphatic heterocycles. The number of carbonyl (C=O) groups is 3. The number of carboxylic acid groups (broad SMARTS) is 2. The highest BCUT2D eigenvalue weighted by molar-refractivity contribution is 7.99. The van der Waals surface area contributed by atoms with E-state index in [4.69, 9.17) is 24.2 Å². The van der Waals surface area contributed by atoms with Gasteiger partial charge in [0.05, 0.1) is 30.7 Å². The van der Waals surface area contributed by atoms with Crippen LogP contribution in [0.4, 0.5) is 11.4 Å². The number of benzene rings is 2. The predicted molar refractivity (Wildman–Crippen MR) is 110 cm³/mol. The molecular formula is C21H18N2O6S. The predicted octanol–water partition coefficient (Wildman–Crippen LogP) is 3.35. The molecule has 0 aliphatic carbocycles. The van der Waals surface area contributed by atoms with Gasteiger partial charge in [-0.2, -0.15) is 0 Å². The summed E-state index contributed by atoms with van der Waals surface area (Å²) in [6.45, 7) is 0.776. The summed E-state index contributed by atoms with van der Waals surface area (Å²) in [5, 5.41) is 17.9. The molecule has 0 radical (unpaired) electrons. The number of hydrogen-bond acceptors (Lipinski definition) is 6. The molecule has 3 N–H and O–H groups in total. The Morgan fingerprint density at radius 3 is 1.93 bits per heavy atom. The molecule has 1 aromatic heterocycles. The number of nitrogens with zero attached hydrogens (tertiary/aromatic N) is 1. The second-order valence-electron chi connectivity index (χ2n) is 6.06. The summed E-state index contributed by atoms with van der Waals surface area (Å²) in [6.07, 6.45) is 1.63. The first-order chi connectivity index (χ1) is 14.5. The van der Waals surface area contributed by atoms with Crippen molar-refractivity contribution in [1.82, 2.24) is 5.32 Å². The fraction of sp³-hybridized carbons (Fsp3) is 0.0952. The Hall–Kier alpha value is -3.56. The summed E-state index contributed by atoms with van der Waals surface area (Å²) in [7, 11) is 0. The zero-order chi connectivity index (χ0) is 21.5. The first kappa shape index (κ1) is 21.2. The maximum Gasteiger partial charge on any atom is 0.414 e. The Labute approximate surface area is 176 Å². The van der Waals surface area contributed by atoms with Crippen LogP contribution in [-0.2, 0) is 20.9 Å². The fourth-order valence-electron chi connectivity index (χ4n) is 2.76. The highest BCUT2D eigenvalue weighted by Gasteiger charge is 2.27. The number of carboxylic acids is 2. The van der Waals surface area contributed by atoms with E-state index in [0.29, 0.717) is 6.54 Å². The van der Waals surface area contributed by atoms with Gasteiger partial charge in [-0.25, -0.2) is 9.59 Å². The molecule has 8 nitrogen and oxygen atoms in total. The molecule has 30 heavy (non-hydrogen) atoms. The number of anilines is 2. The van der Waals surface area contributed by atoms with Crippen LogP contribution in [0.2, 0.25) is 0 Å². The van der Waals surface area contributed by atoms with Gasteiger partial charge in [0, 0.05) is 9.79 Å². The van der Waals surface area contributed by atoms with Gasteiger partial charge in [0.15, 0.2) is 0 Å². The summed E-state index contributed by atoms with van der Waals surface area (Å²) in [5.41, 5.74) is 1.87. The van der Waals surface area contributed by atoms with Crippen LogP contribution in [0.25, 0.3) is 0 Å². The van der Waals surface area contributed by atoms with Crippen molar-refractivity contribution >= 4 is 41.0 Å². The fourth-order valence-corrected chi connectivity index (χ4v) is 3.82. The highest BCUT2D eigenvalue weighted by atomic mass is 32.2. The molecule has 3 aromatic rings. The van der Waals surface area contributed by atoms with Crippen molar-refractivity contribution in [3.05, 3.63) is 72.7 Å². The molecule has 1 aliphatic rings. The van der Waals surface area contributed by atoms with Crippen molar-refractivity contribution in [2.75, 3.05) is 11.4 Å². The monoisotopic (exact) mass is 426 g/mol. The summed E-state index contributed by atoms with van der Waals surface area (Å²) in [5.74, 6) is -2.82. The number of para-hydroxylation sites is 2.